The number of hydrogen-bond acceptors (Lipinski definition) is 2. The Bertz CT molecular complexity index is 326. The van der Waals surface area contributed by atoms with Crippen LogP contribution in [0.1, 0.15) is 18.4 Å². The molecule has 0 amide bonds. The van der Waals surface area contributed by atoms with Crippen LogP contribution in [0.3, 0.4) is 0 Å². The second-order valence-electron chi connectivity index (χ2n) is 3.09. The Morgan fingerprint density at radius 2 is 2.00 bits per heavy atom. The summed E-state index contributed by atoms with van der Waals surface area (Å²) in [5, 5.41) is 8.81. The number of aliphatic hydroxyl groups is 1. The molecular weight excluding hydrogens is 190 g/mol. The minimum Gasteiger partial charge on any atom is -0.494 e. The average Bonchev–Trinajstić information content (AvgIpc) is 2.19. The van der Waals surface area contributed by atoms with Gasteiger partial charge in [-0.3, -0.25) is 0 Å². The summed E-state index contributed by atoms with van der Waals surface area (Å²) in [5.41, 5.74) is 0.158. The summed E-state index contributed by atoms with van der Waals surface area (Å²) >= 11 is 0. The van der Waals surface area contributed by atoms with Crippen molar-refractivity contribution < 1.29 is 18.6 Å². The molecule has 0 saturated heterocycles. The monoisotopic (exact) mass is 202 g/mol. The lowest BCUT2D eigenvalue weighted by Crippen LogP contribution is -2.03. The van der Waals surface area contributed by atoms with Crippen molar-refractivity contribution in [1.82, 2.24) is 0 Å². The van der Waals surface area contributed by atoms with Gasteiger partial charge in [-0.1, -0.05) is 6.92 Å². The van der Waals surface area contributed by atoms with E-state index in [1.165, 1.54) is 7.11 Å². The van der Waals surface area contributed by atoms with Crippen LogP contribution >= 0.6 is 0 Å². The van der Waals surface area contributed by atoms with Gasteiger partial charge in [-0.15, -0.1) is 0 Å². The van der Waals surface area contributed by atoms with Gasteiger partial charge in [0, 0.05) is 18.6 Å². The molecule has 2 nitrogen and oxygen atoms in total. The first-order valence-corrected chi connectivity index (χ1v) is 4.24. The van der Waals surface area contributed by atoms with Gasteiger partial charge in [-0.05, 0) is 11.6 Å². The highest BCUT2D eigenvalue weighted by molar-refractivity contribution is 5.32. The molecule has 0 saturated carbocycles. The van der Waals surface area contributed by atoms with E-state index >= 15 is 0 Å². The fourth-order valence-electron chi connectivity index (χ4n) is 1.18. The molecule has 0 bridgehead atoms. The zero-order valence-corrected chi connectivity index (χ0v) is 8.05. The maximum atomic E-state index is 13.3. The molecule has 0 aromatic heterocycles. The Labute approximate surface area is 81.1 Å². The average molecular weight is 202 g/mol. The molecule has 1 aromatic carbocycles. The van der Waals surface area contributed by atoms with Crippen molar-refractivity contribution in [2.75, 3.05) is 13.7 Å². The third-order valence-electron chi connectivity index (χ3n) is 2.08. The predicted molar refractivity (Wildman–Crippen MR) is 48.4 cm³/mol. The van der Waals surface area contributed by atoms with Crippen LogP contribution in [0.25, 0.3) is 0 Å². The van der Waals surface area contributed by atoms with E-state index in [0.717, 1.165) is 12.1 Å². The van der Waals surface area contributed by atoms with Crippen molar-refractivity contribution in [2.45, 2.75) is 12.8 Å². The van der Waals surface area contributed by atoms with E-state index in [9.17, 15) is 8.78 Å². The zero-order chi connectivity index (χ0) is 10.7. The largest absolute Gasteiger partial charge is 0.494 e. The lowest BCUT2D eigenvalue weighted by molar-refractivity contribution is 0.269. The molecule has 1 rings (SSSR count). The highest BCUT2D eigenvalue weighted by Crippen LogP contribution is 2.25. The number of halogens is 2. The summed E-state index contributed by atoms with van der Waals surface area (Å²) in [7, 11) is 1.27. The van der Waals surface area contributed by atoms with Gasteiger partial charge in [-0.25, -0.2) is 8.78 Å². The quantitative estimate of drug-likeness (QED) is 0.813. The molecule has 1 aromatic rings. The molecule has 1 atom stereocenters. The lowest BCUT2D eigenvalue weighted by atomic mass is 10.0. The molecule has 0 heterocycles. The van der Waals surface area contributed by atoms with Gasteiger partial charge in [-0.2, -0.15) is 0 Å². The van der Waals surface area contributed by atoms with E-state index in [1.54, 1.807) is 6.92 Å². The summed E-state index contributed by atoms with van der Waals surface area (Å²) < 4.78 is 31.1. The fraction of sp³-hybridized carbons (Fsp3) is 0.400. The summed E-state index contributed by atoms with van der Waals surface area (Å²) in [6.07, 6.45) is 0. The Balaban J connectivity index is 3.14. The number of rotatable bonds is 3. The summed E-state index contributed by atoms with van der Waals surface area (Å²) in [4.78, 5) is 0. The van der Waals surface area contributed by atoms with Gasteiger partial charge in [0.05, 0.1) is 7.11 Å². The normalized spacial score (nSPS) is 12.6. The topological polar surface area (TPSA) is 29.5 Å². The number of methoxy groups -OCH3 is 1. The highest BCUT2D eigenvalue weighted by Gasteiger charge is 2.14. The van der Waals surface area contributed by atoms with E-state index in [1.807, 2.05) is 0 Å². The van der Waals surface area contributed by atoms with Crippen LogP contribution in [0.2, 0.25) is 0 Å². The second-order valence-corrected chi connectivity index (χ2v) is 3.09. The third-order valence-corrected chi connectivity index (χ3v) is 2.08. The fourth-order valence-corrected chi connectivity index (χ4v) is 1.18. The van der Waals surface area contributed by atoms with Gasteiger partial charge in [0.2, 0.25) is 0 Å². The number of ether oxygens (including phenoxy) is 1. The molecule has 0 aliphatic carbocycles. The summed E-state index contributed by atoms with van der Waals surface area (Å²) in [6.45, 7) is 1.40. The predicted octanol–water partition coefficient (Wildman–Crippen LogP) is 2.07. The molecule has 0 aliphatic heterocycles. The Kier molecular flexibility index (Phi) is 3.41. The first kappa shape index (κ1) is 10.9. The van der Waals surface area contributed by atoms with Gasteiger partial charge in [0.15, 0.2) is 11.6 Å². The highest BCUT2D eigenvalue weighted by atomic mass is 19.1. The van der Waals surface area contributed by atoms with Crippen molar-refractivity contribution in [2.24, 2.45) is 0 Å². The molecular formula is C10H12F2O2. The summed E-state index contributed by atoms with van der Waals surface area (Å²) in [6, 6.07) is 2.03. The van der Waals surface area contributed by atoms with Crippen molar-refractivity contribution >= 4 is 0 Å². The van der Waals surface area contributed by atoms with Crippen LogP contribution in [-0.4, -0.2) is 18.8 Å². The van der Waals surface area contributed by atoms with Gasteiger partial charge >= 0.3 is 0 Å². The zero-order valence-electron chi connectivity index (χ0n) is 8.05. The van der Waals surface area contributed by atoms with E-state index in [-0.39, 0.29) is 17.9 Å². The van der Waals surface area contributed by atoms with Gasteiger partial charge in [0.1, 0.15) is 5.82 Å². The van der Waals surface area contributed by atoms with Crippen LogP contribution in [0.5, 0.6) is 5.75 Å². The smallest absolute Gasteiger partial charge is 0.165 e. The third kappa shape index (κ3) is 2.01. The van der Waals surface area contributed by atoms with Crippen LogP contribution < -0.4 is 4.74 Å². The van der Waals surface area contributed by atoms with Crippen molar-refractivity contribution in [1.29, 1.82) is 0 Å². The van der Waals surface area contributed by atoms with Crippen LogP contribution in [0.4, 0.5) is 8.78 Å². The molecule has 0 radical (unpaired) electrons. The van der Waals surface area contributed by atoms with Crippen molar-refractivity contribution in [3.05, 3.63) is 29.3 Å². The minimum atomic E-state index is -0.621. The molecule has 78 valence electrons. The molecule has 4 heteroatoms. The van der Waals surface area contributed by atoms with E-state index in [4.69, 9.17) is 5.11 Å². The molecule has 1 N–H and O–H groups in total. The lowest BCUT2D eigenvalue weighted by Gasteiger charge is -2.11. The first-order valence-electron chi connectivity index (χ1n) is 4.24. The Morgan fingerprint density at radius 1 is 1.36 bits per heavy atom. The molecule has 0 fully saturated rings. The minimum absolute atomic E-state index is 0.128. The van der Waals surface area contributed by atoms with E-state index < -0.39 is 17.6 Å². The van der Waals surface area contributed by atoms with Crippen molar-refractivity contribution in [3.63, 3.8) is 0 Å². The van der Waals surface area contributed by atoms with E-state index in [2.05, 4.69) is 4.74 Å². The molecule has 0 aliphatic rings. The van der Waals surface area contributed by atoms with Crippen molar-refractivity contribution in [3.8, 4) is 5.75 Å². The molecule has 0 spiro atoms. The van der Waals surface area contributed by atoms with Crippen LogP contribution in [0, 0.1) is 11.6 Å². The van der Waals surface area contributed by atoms with Crippen LogP contribution in [-0.2, 0) is 0 Å². The van der Waals surface area contributed by atoms with E-state index in [0.29, 0.717) is 0 Å². The molecule has 1 unspecified atom stereocenters. The second kappa shape index (κ2) is 4.37. The van der Waals surface area contributed by atoms with Gasteiger partial charge < -0.3 is 9.84 Å². The number of hydrogen-bond donors (Lipinski definition) is 1. The maximum Gasteiger partial charge on any atom is 0.165 e. The van der Waals surface area contributed by atoms with Crippen LogP contribution in [0.15, 0.2) is 12.1 Å². The number of aliphatic hydroxyl groups excluding tert-OH is 1. The maximum absolute atomic E-state index is 13.3. The number of benzene rings is 1. The Morgan fingerprint density at radius 3 is 2.50 bits per heavy atom. The van der Waals surface area contributed by atoms with Gasteiger partial charge in [0.25, 0.3) is 0 Å². The standard InChI is InChI=1S/C10H12F2O2/c1-6(5-13)7-3-9(12)10(14-2)4-8(7)11/h3-4,6,13H,5H2,1-2H3. The molecule has 14 heavy (non-hydrogen) atoms. The SMILES string of the molecule is COc1cc(F)c(C(C)CO)cc1F. The first-order chi connectivity index (χ1) is 6.60. The Hall–Kier alpha value is -1.16. The summed E-state index contributed by atoms with van der Waals surface area (Å²) in [5.74, 6) is -1.74.